The molecule has 2 aromatic rings. The van der Waals surface area contributed by atoms with Gasteiger partial charge in [-0.1, -0.05) is 42.5 Å². The summed E-state index contributed by atoms with van der Waals surface area (Å²) in [6, 6.07) is 16.8. The molecular weight excluding hydrogens is 317 g/mol. The molecule has 1 amide bonds. The third-order valence-electron chi connectivity index (χ3n) is 4.66. The van der Waals surface area contributed by atoms with Crippen LogP contribution in [0.25, 0.3) is 0 Å². The SMILES string of the molecule is CNC(=O)[C@@H]1C[C@H](NCc2cccc(F)c2)CN1Cc1ccccc1. The van der Waals surface area contributed by atoms with Gasteiger partial charge in [0.2, 0.25) is 5.91 Å². The van der Waals surface area contributed by atoms with Crippen LogP contribution >= 0.6 is 0 Å². The fourth-order valence-electron chi connectivity index (χ4n) is 3.39. The zero-order valence-corrected chi connectivity index (χ0v) is 14.4. The van der Waals surface area contributed by atoms with Gasteiger partial charge in [-0.3, -0.25) is 9.69 Å². The van der Waals surface area contributed by atoms with Crippen LogP contribution in [0.2, 0.25) is 0 Å². The van der Waals surface area contributed by atoms with E-state index >= 15 is 0 Å². The van der Waals surface area contributed by atoms with Crippen molar-refractivity contribution in [3.8, 4) is 0 Å². The van der Waals surface area contributed by atoms with E-state index in [1.165, 1.54) is 11.6 Å². The minimum absolute atomic E-state index is 0.0472. The Bertz CT molecular complexity index is 707. The van der Waals surface area contributed by atoms with Crippen LogP contribution in [0.15, 0.2) is 54.6 Å². The van der Waals surface area contributed by atoms with Crippen molar-refractivity contribution in [2.24, 2.45) is 0 Å². The standard InChI is InChI=1S/C20H24FN3O/c1-22-20(25)19-11-18(23-12-16-8-5-9-17(21)10-16)14-24(19)13-15-6-3-2-4-7-15/h2-10,18-19,23H,11-14H2,1H3,(H,22,25)/t18-,19-/m0/s1. The third-order valence-corrected chi connectivity index (χ3v) is 4.66. The molecule has 1 heterocycles. The lowest BCUT2D eigenvalue weighted by molar-refractivity contribution is -0.125. The highest BCUT2D eigenvalue weighted by atomic mass is 19.1. The second-order valence-electron chi connectivity index (χ2n) is 6.49. The Hall–Kier alpha value is -2.24. The van der Waals surface area contributed by atoms with Crippen LogP contribution in [-0.2, 0) is 17.9 Å². The number of nitrogens with zero attached hydrogens (tertiary/aromatic N) is 1. The van der Waals surface area contributed by atoms with Crippen molar-refractivity contribution < 1.29 is 9.18 Å². The van der Waals surface area contributed by atoms with E-state index in [4.69, 9.17) is 0 Å². The molecule has 3 rings (SSSR count). The minimum atomic E-state index is -0.223. The van der Waals surface area contributed by atoms with E-state index < -0.39 is 0 Å². The van der Waals surface area contributed by atoms with Crippen molar-refractivity contribution in [2.75, 3.05) is 13.6 Å². The van der Waals surface area contributed by atoms with Crippen LogP contribution in [0.4, 0.5) is 4.39 Å². The predicted molar refractivity (Wildman–Crippen MR) is 96.4 cm³/mol. The summed E-state index contributed by atoms with van der Waals surface area (Å²) in [5.74, 6) is -0.175. The highest BCUT2D eigenvalue weighted by Gasteiger charge is 2.35. The smallest absolute Gasteiger partial charge is 0.237 e. The van der Waals surface area contributed by atoms with E-state index in [9.17, 15) is 9.18 Å². The fourth-order valence-corrected chi connectivity index (χ4v) is 3.39. The number of hydrogen-bond donors (Lipinski definition) is 2. The molecule has 1 fully saturated rings. The van der Waals surface area contributed by atoms with Crippen LogP contribution < -0.4 is 10.6 Å². The molecule has 0 aliphatic carbocycles. The van der Waals surface area contributed by atoms with Crippen LogP contribution in [0.5, 0.6) is 0 Å². The van der Waals surface area contributed by atoms with E-state index in [2.05, 4.69) is 27.7 Å². The topological polar surface area (TPSA) is 44.4 Å². The quantitative estimate of drug-likeness (QED) is 0.847. The molecule has 1 aliphatic heterocycles. The molecule has 0 aromatic heterocycles. The molecular formula is C20H24FN3O. The number of likely N-dealkylation sites (tertiary alicyclic amines) is 1. The second-order valence-corrected chi connectivity index (χ2v) is 6.49. The number of rotatable bonds is 6. The molecule has 5 heteroatoms. The van der Waals surface area contributed by atoms with Gasteiger partial charge in [-0.2, -0.15) is 0 Å². The van der Waals surface area contributed by atoms with Crippen LogP contribution in [0.3, 0.4) is 0 Å². The van der Waals surface area contributed by atoms with Crippen molar-refractivity contribution in [3.63, 3.8) is 0 Å². The van der Waals surface area contributed by atoms with Crippen molar-refractivity contribution >= 4 is 5.91 Å². The molecule has 0 unspecified atom stereocenters. The van der Waals surface area contributed by atoms with E-state index in [0.29, 0.717) is 6.54 Å². The highest BCUT2D eigenvalue weighted by Crippen LogP contribution is 2.21. The Labute approximate surface area is 148 Å². The maximum atomic E-state index is 13.3. The van der Waals surface area contributed by atoms with Gasteiger partial charge in [0.25, 0.3) is 0 Å². The molecule has 0 saturated carbocycles. The van der Waals surface area contributed by atoms with E-state index in [-0.39, 0.29) is 23.8 Å². The van der Waals surface area contributed by atoms with Gasteiger partial charge >= 0.3 is 0 Å². The Morgan fingerprint density at radius 3 is 2.64 bits per heavy atom. The van der Waals surface area contributed by atoms with Gasteiger partial charge in [0.15, 0.2) is 0 Å². The molecule has 25 heavy (non-hydrogen) atoms. The van der Waals surface area contributed by atoms with Crippen molar-refractivity contribution in [2.45, 2.75) is 31.6 Å². The average molecular weight is 341 g/mol. The molecule has 2 atom stereocenters. The van der Waals surface area contributed by atoms with E-state index in [1.54, 1.807) is 19.2 Å². The van der Waals surface area contributed by atoms with Crippen LogP contribution in [0, 0.1) is 5.82 Å². The lowest BCUT2D eigenvalue weighted by Crippen LogP contribution is -2.41. The number of carbonyl (C=O) groups excluding carboxylic acids is 1. The number of amides is 1. The molecule has 1 saturated heterocycles. The molecule has 0 radical (unpaired) electrons. The summed E-state index contributed by atoms with van der Waals surface area (Å²) in [6.07, 6.45) is 0.752. The van der Waals surface area contributed by atoms with Crippen LogP contribution in [-0.4, -0.2) is 36.5 Å². The van der Waals surface area contributed by atoms with Gasteiger partial charge in [0.1, 0.15) is 5.82 Å². The molecule has 0 spiro atoms. The van der Waals surface area contributed by atoms with Gasteiger partial charge in [0, 0.05) is 32.7 Å². The first-order valence-corrected chi connectivity index (χ1v) is 8.63. The van der Waals surface area contributed by atoms with E-state index in [1.807, 2.05) is 24.3 Å². The van der Waals surface area contributed by atoms with Gasteiger partial charge in [-0.05, 0) is 29.7 Å². The molecule has 4 nitrogen and oxygen atoms in total. The number of hydrogen-bond acceptors (Lipinski definition) is 3. The molecule has 1 aliphatic rings. The van der Waals surface area contributed by atoms with Crippen molar-refractivity contribution in [1.29, 1.82) is 0 Å². The number of likely N-dealkylation sites (N-methyl/N-ethyl adjacent to an activating group) is 1. The Balaban J connectivity index is 1.63. The molecule has 2 aromatic carbocycles. The third kappa shape index (κ3) is 4.65. The fraction of sp³-hybridized carbons (Fsp3) is 0.350. The second kappa shape index (κ2) is 8.23. The Morgan fingerprint density at radius 1 is 1.16 bits per heavy atom. The number of benzene rings is 2. The summed E-state index contributed by atoms with van der Waals surface area (Å²) in [5.41, 5.74) is 2.11. The van der Waals surface area contributed by atoms with Gasteiger partial charge in [-0.25, -0.2) is 4.39 Å². The number of carbonyl (C=O) groups is 1. The van der Waals surface area contributed by atoms with Gasteiger partial charge in [-0.15, -0.1) is 0 Å². The Kier molecular flexibility index (Phi) is 5.79. The first kappa shape index (κ1) is 17.6. The maximum absolute atomic E-state index is 13.3. The van der Waals surface area contributed by atoms with Gasteiger partial charge in [0.05, 0.1) is 6.04 Å². The summed E-state index contributed by atoms with van der Waals surface area (Å²) >= 11 is 0. The van der Waals surface area contributed by atoms with Crippen molar-refractivity contribution in [3.05, 3.63) is 71.5 Å². The molecule has 132 valence electrons. The Morgan fingerprint density at radius 2 is 1.92 bits per heavy atom. The highest BCUT2D eigenvalue weighted by molar-refractivity contribution is 5.81. The van der Waals surface area contributed by atoms with E-state index in [0.717, 1.165) is 25.1 Å². The lowest BCUT2D eigenvalue weighted by Gasteiger charge is -2.22. The first-order chi connectivity index (χ1) is 12.2. The maximum Gasteiger partial charge on any atom is 0.237 e. The minimum Gasteiger partial charge on any atom is -0.358 e. The molecule has 2 N–H and O–H groups in total. The monoisotopic (exact) mass is 341 g/mol. The van der Waals surface area contributed by atoms with Crippen LogP contribution in [0.1, 0.15) is 17.5 Å². The normalized spacial score (nSPS) is 20.6. The summed E-state index contributed by atoms with van der Waals surface area (Å²) < 4.78 is 13.3. The number of halogens is 1. The van der Waals surface area contributed by atoms with Crippen molar-refractivity contribution in [1.82, 2.24) is 15.5 Å². The largest absolute Gasteiger partial charge is 0.358 e. The molecule has 0 bridgehead atoms. The zero-order valence-electron chi connectivity index (χ0n) is 14.4. The lowest BCUT2D eigenvalue weighted by atomic mass is 10.1. The predicted octanol–water partition coefficient (Wildman–Crippen LogP) is 2.30. The zero-order chi connectivity index (χ0) is 17.6. The number of nitrogens with one attached hydrogen (secondary N) is 2. The van der Waals surface area contributed by atoms with Gasteiger partial charge < -0.3 is 10.6 Å². The summed E-state index contributed by atoms with van der Waals surface area (Å²) in [4.78, 5) is 14.5. The summed E-state index contributed by atoms with van der Waals surface area (Å²) in [7, 11) is 1.68. The first-order valence-electron chi connectivity index (χ1n) is 8.63. The summed E-state index contributed by atoms with van der Waals surface area (Å²) in [6.45, 7) is 2.14. The average Bonchev–Trinajstić information content (AvgIpc) is 3.03. The summed E-state index contributed by atoms with van der Waals surface area (Å²) in [5, 5.41) is 6.23.